The van der Waals surface area contributed by atoms with Crippen LogP contribution in [0.25, 0.3) is 22.0 Å². The van der Waals surface area contributed by atoms with Crippen molar-refractivity contribution >= 4 is 28.6 Å². The molecule has 132 valence electrons. The van der Waals surface area contributed by atoms with Gasteiger partial charge in [-0.3, -0.25) is 4.79 Å². The number of hydrogen-bond donors (Lipinski definition) is 0. The summed E-state index contributed by atoms with van der Waals surface area (Å²) in [5.74, 6) is 1.24. The van der Waals surface area contributed by atoms with Gasteiger partial charge in [0.2, 0.25) is 11.7 Å². The van der Waals surface area contributed by atoms with Crippen molar-refractivity contribution in [2.24, 2.45) is 0 Å². The van der Waals surface area contributed by atoms with E-state index in [0.717, 1.165) is 10.4 Å². The molecule has 0 N–H and O–H groups in total. The number of hydrogen-bond acceptors (Lipinski definition) is 9. The van der Waals surface area contributed by atoms with Gasteiger partial charge in [-0.1, -0.05) is 16.4 Å². The molecule has 0 radical (unpaired) electrons. The Morgan fingerprint density at radius 3 is 2.96 bits per heavy atom. The topological polar surface area (TPSA) is 91.2 Å². The number of carbonyl (C=O) groups excluding carboxylic acids is 1. The molecule has 4 heterocycles. The SMILES string of the molecule is O=C(CCc1nc(-c2ccsc2)no1)OCc1cc(-c2cccs2)on1. The Balaban J connectivity index is 1.26. The summed E-state index contributed by atoms with van der Waals surface area (Å²) >= 11 is 3.11. The largest absolute Gasteiger partial charge is 0.459 e. The molecular weight excluding hydrogens is 374 g/mol. The second kappa shape index (κ2) is 7.63. The van der Waals surface area contributed by atoms with Crippen molar-refractivity contribution < 1.29 is 18.6 Å². The lowest BCUT2D eigenvalue weighted by molar-refractivity contribution is -0.145. The number of ether oxygens (including phenoxy) is 1. The quantitative estimate of drug-likeness (QED) is 0.439. The average molecular weight is 387 g/mol. The zero-order chi connectivity index (χ0) is 17.8. The predicted octanol–water partition coefficient (Wildman–Crippen LogP) is 4.19. The van der Waals surface area contributed by atoms with Crippen LogP contribution in [0, 0.1) is 0 Å². The minimum atomic E-state index is -0.360. The number of carbonyl (C=O) groups is 1. The monoisotopic (exact) mass is 387 g/mol. The molecule has 0 fully saturated rings. The number of aromatic nitrogens is 3. The summed E-state index contributed by atoms with van der Waals surface area (Å²) in [6.45, 7) is 0.0672. The van der Waals surface area contributed by atoms with E-state index in [2.05, 4.69) is 15.3 Å². The molecule has 0 amide bonds. The average Bonchev–Trinajstić information content (AvgIpc) is 3.44. The summed E-state index contributed by atoms with van der Waals surface area (Å²) in [6, 6.07) is 7.55. The second-order valence-corrected chi connectivity index (χ2v) is 7.07. The van der Waals surface area contributed by atoms with E-state index in [9.17, 15) is 4.79 Å². The number of esters is 1. The van der Waals surface area contributed by atoms with Crippen LogP contribution in [0.2, 0.25) is 0 Å². The fourth-order valence-electron chi connectivity index (χ4n) is 2.22. The van der Waals surface area contributed by atoms with Crippen molar-refractivity contribution in [3.63, 3.8) is 0 Å². The van der Waals surface area contributed by atoms with Crippen LogP contribution in [0.3, 0.4) is 0 Å². The molecule has 0 saturated heterocycles. The highest BCUT2D eigenvalue weighted by Gasteiger charge is 2.13. The number of nitrogens with zero attached hydrogens (tertiary/aromatic N) is 3. The molecule has 26 heavy (non-hydrogen) atoms. The normalized spacial score (nSPS) is 10.9. The van der Waals surface area contributed by atoms with Gasteiger partial charge in [-0.05, 0) is 22.9 Å². The fourth-order valence-corrected chi connectivity index (χ4v) is 3.52. The third kappa shape index (κ3) is 3.89. The van der Waals surface area contributed by atoms with Crippen molar-refractivity contribution in [1.82, 2.24) is 15.3 Å². The molecule has 0 aliphatic rings. The third-order valence-corrected chi connectivity index (χ3v) is 5.06. The maximum absolute atomic E-state index is 11.9. The van der Waals surface area contributed by atoms with E-state index < -0.39 is 0 Å². The summed E-state index contributed by atoms with van der Waals surface area (Å²) < 4.78 is 15.6. The van der Waals surface area contributed by atoms with Crippen molar-refractivity contribution in [3.8, 4) is 22.0 Å². The van der Waals surface area contributed by atoms with Crippen molar-refractivity contribution in [3.05, 3.63) is 52.0 Å². The minimum absolute atomic E-state index is 0.0672. The predicted molar refractivity (Wildman–Crippen MR) is 95.5 cm³/mol. The van der Waals surface area contributed by atoms with E-state index in [1.165, 1.54) is 0 Å². The van der Waals surface area contributed by atoms with E-state index >= 15 is 0 Å². The molecule has 0 aliphatic carbocycles. The smallest absolute Gasteiger partial charge is 0.306 e. The van der Waals surface area contributed by atoms with Gasteiger partial charge in [0.05, 0.1) is 11.3 Å². The van der Waals surface area contributed by atoms with Crippen LogP contribution in [0.4, 0.5) is 0 Å². The molecule has 0 atom stereocenters. The van der Waals surface area contributed by atoms with E-state index in [0.29, 0.717) is 29.6 Å². The Hall–Kier alpha value is -2.78. The van der Waals surface area contributed by atoms with Gasteiger partial charge in [-0.25, -0.2) is 0 Å². The summed E-state index contributed by atoms with van der Waals surface area (Å²) in [4.78, 5) is 17.1. The second-order valence-electron chi connectivity index (χ2n) is 5.34. The van der Waals surface area contributed by atoms with Gasteiger partial charge in [0.1, 0.15) is 12.3 Å². The van der Waals surface area contributed by atoms with E-state index in [1.807, 2.05) is 34.3 Å². The number of thiophene rings is 2. The third-order valence-electron chi connectivity index (χ3n) is 3.49. The van der Waals surface area contributed by atoms with Crippen molar-refractivity contribution in [1.29, 1.82) is 0 Å². The van der Waals surface area contributed by atoms with Gasteiger partial charge in [0.15, 0.2) is 5.76 Å². The van der Waals surface area contributed by atoms with Crippen LogP contribution >= 0.6 is 22.7 Å². The maximum Gasteiger partial charge on any atom is 0.306 e. The Morgan fingerprint density at radius 1 is 1.19 bits per heavy atom. The molecule has 0 spiro atoms. The summed E-state index contributed by atoms with van der Waals surface area (Å²) in [6.07, 6.45) is 0.482. The molecule has 0 aromatic carbocycles. The summed E-state index contributed by atoms with van der Waals surface area (Å²) in [7, 11) is 0. The van der Waals surface area contributed by atoms with Crippen molar-refractivity contribution in [2.45, 2.75) is 19.4 Å². The van der Waals surface area contributed by atoms with Gasteiger partial charge in [0, 0.05) is 23.4 Å². The molecule has 0 bridgehead atoms. The lowest BCUT2D eigenvalue weighted by atomic mass is 10.3. The molecule has 4 aromatic heterocycles. The number of aryl methyl sites for hydroxylation is 1. The Morgan fingerprint density at radius 2 is 2.15 bits per heavy atom. The lowest BCUT2D eigenvalue weighted by Gasteiger charge is -2.00. The number of rotatable bonds is 7. The molecular formula is C17H13N3O4S2. The van der Waals surface area contributed by atoms with Gasteiger partial charge in [-0.15, -0.1) is 11.3 Å². The summed E-state index contributed by atoms with van der Waals surface area (Å²) in [5, 5.41) is 13.6. The highest BCUT2D eigenvalue weighted by molar-refractivity contribution is 7.13. The van der Waals surface area contributed by atoms with Gasteiger partial charge in [0.25, 0.3) is 0 Å². The molecule has 4 aromatic rings. The van der Waals surface area contributed by atoms with Gasteiger partial charge < -0.3 is 13.8 Å². The first kappa shape index (κ1) is 16.7. The van der Waals surface area contributed by atoms with E-state index in [1.54, 1.807) is 28.7 Å². The van der Waals surface area contributed by atoms with Crippen LogP contribution in [0.5, 0.6) is 0 Å². The zero-order valence-electron chi connectivity index (χ0n) is 13.5. The first-order chi connectivity index (χ1) is 12.8. The summed E-state index contributed by atoms with van der Waals surface area (Å²) in [5.41, 5.74) is 1.47. The highest BCUT2D eigenvalue weighted by Crippen LogP contribution is 2.25. The first-order valence-corrected chi connectivity index (χ1v) is 9.60. The van der Waals surface area contributed by atoms with Crippen LogP contribution in [0.15, 0.2) is 49.5 Å². The molecule has 9 heteroatoms. The Bertz CT molecular complexity index is 895. The Kier molecular flexibility index (Phi) is 4.89. The zero-order valence-corrected chi connectivity index (χ0v) is 15.1. The maximum atomic E-state index is 11.9. The van der Waals surface area contributed by atoms with Crippen LogP contribution in [0.1, 0.15) is 18.0 Å². The molecule has 0 unspecified atom stereocenters. The molecule has 7 nitrogen and oxygen atoms in total. The van der Waals surface area contributed by atoms with Crippen LogP contribution < -0.4 is 0 Å². The minimum Gasteiger partial charge on any atom is -0.459 e. The Labute approximate surface area is 156 Å². The molecule has 0 aliphatic heterocycles. The van der Waals surface area contributed by atoms with Gasteiger partial charge in [-0.2, -0.15) is 16.3 Å². The molecule has 4 rings (SSSR count). The highest BCUT2D eigenvalue weighted by atomic mass is 32.1. The fraction of sp³-hybridized carbons (Fsp3) is 0.176. The van der Waals surface area contributed by atoms with Gasteiger partial charge >= 0.3 is 5.97 Å². The van der Waals surface area contributed by atoms with E-state index in [-0.39, 0.29) is 19.0 Å². The van der Waals surface area contributed by atoms with Crippen LogP contribution in [-0.2, 0) is 22.6 Å². The van der Waals surface area contributed by atoms with Crippen molar-refractivity contribution in [2.75, 3.05) is 0 Å². The standard InChI is InChI=1S/C17H13N3O4S2/c21-16(4-3-15-18-17(20-24-15)11-5-7-25-10-11)22-9-12-8-13(23-19-12)14-2-1-6-26-14/h1-2,5-8,10H,3-4,9H2. The molecule has 0 saturated carbocycles. The van der Waals surface area contributed by atoms with E-state index in [4.69, 9.17) is 13.8 Å². The van der Waals surface area contributed by atoms with Crippen LogP contribution in [-0.4, -0.2) is 21.3 Å². The lowest BCUT2D eigenvalue weighted by Crippen LogP contribution is -2.06. The first-order valence-electron chi connectivity index (χ1n) is 7.78.